The van der Waals surface area contributed by atoms with E-state index in [4.69, 9.17) is 21.1 Å². The van der Waals surface area contributed by atoms with Gasteiger partial charge in [0.1, 0.15) is 5.75 Å². The second-order valence-corrected chi connectivity index (χ2v) is 6.26. The highest BCUT2D eigenvalue weighted by Crippen LogP contribution is 2.29. The molecular formula is C17H26ClNO2. The molecule has 21 heavy (non-hydrogen) atoms. The molecule has 0 amide bonds. The van der Waals surface area contributed by atoms with Crippen LogP contribution < -0.4 is 10.1 Å². The fourth-order valence-electron chi connectivity index (χ4n) is 3.01. The van der Waals surface area contributed by atoms with Crippen LogP contribution in [0.25, 0.3) is 0 Å². The molecular weight excluding hydrogens is 286 g/mol. The number of methoxy groups -OCH3 is 1. The Kier molecular flexibility index (Phi) is 6.34. The van der Waals surface area contributed by atoms with E-state index in [1.807, 2.05) is 18.2 Å². The van der Waals surface area contributed by atoms with Crippen LogP contribution >= 0.6 is 11.6 Å². The third-order valence-corrected chi connectivity index (χ3v) is 4.41. The summed E-state index contributed by atoms with van der Waals surface area (Å²) in [7, 11) is 1.70. The highest BCUT2D eigenvalue weighted by Gasteiger charge is 2.32. The molecule has 1 fully saturated rings. The van der Waals surface area contributed by atoms with Crippen molar-refractivity contribution in [3.8, 4) is 5.75 Å². The number of hydrogen-bond acceptors (Lipinski definition) is 3. The predicted octanol–water partition coefficient (Wildman–Crippen LogP) is 3.68. The molecule has 0 radical (unpaired) electrons. The van der Waals surface area contributed by atoms with Crippen molar-refractivity contribution < 1.29 is 9.47 Å². The van der Waals surface area contributed by atoms with E-state index in [2.05, 4.69) is 19.2 Å². The van der Waals surface area contributed by atoms with Crippen molar-refractivity contribution in [2.24, 2.45) is 5.92 Å². The van der Waals surface area contributed by atoms with E-state index in [-0.39, 0.29) is 6.10 Å². The van der Waals surface area contributed by atoms with Gasteiger partial charge >= 0.3 is 0 Å². The molecule has 3 atom stereocenters. The van der Waals surface area contributed by atoms with Gasteiger partial charge in [-0.25, -0.2) is 0 Å². The van der Waals surface area contributed by atoms with Crippen LogP contribution in [0.2, 0.25) is 5.02 Å². The number of benzene rings is 1. The Morgan fingerprint density at radius 1 is 1.48 bits per heavy atom. The topological polar surface area (TPSA) is 30.5 Å². The Morgan fingerprint density at radius 2 is 2.29 bits per heavy atom. The maximum atomic E-state index is 6.14. The number of ether oxygens (including phenoxy) is 2. The lowest BCUT2D eigenvalue weighted by molar-refractivity contribution is 0.0608. The summed E-state index contributed by atoms with van der Waals surface area (Å²) in [5, 5.41) is 4.39. The van der Waals surface area contributed by atoms with E-state index in [0.29, 0.717) is 12.0 Å². The molecule has 0 bridgehead atoms. The van der Waals surface area contributed by atoms with Crippen molar-refractivity contribution in [1.82, 2.24) is 5.32 Å². The molecule has 2 rings (SSSR count). The van der Waals surface area contributed by atoms with Gasteiger partial charge < -0.3 is 14.8 Å². The van der Waals surface area contributed by atoms with Gasteiger partial charge in [0.15, 0.2) is 0 Å². The smallest absolute Gasteiger partial charge is 0.122 e. The Morgan fingerprint density at radius 3 is 2.90 bits per heavy atom. The van der Waals surface area contributed by atoms with Gasteiger partial charge in [-0.15, -0.1) is 0 Å². The van der Waals surface area contributed by atoms with Gasteiger partial charge in [-0.1, -0.05) is 25.4 Å². The van der Waals surface area contributed by atoms with Crippen LogP contribution in [-0.2, 0) is 11.2 Å². The normalized spacial score (nSPS) is 23.2. The van der Waals surface area contributed by atoms with E-state index in [1.54, 1.807) is 7.11 Å². The summed E-state index contributed by atoms with van der Waals surface area (Å²) < 4.78 is 11.4. The summed E-state index contributed by atoms with van der Waals surface area (Å²) in [4.78, 5) is 0. The second kappa shape index (κ2) is 8.02. The van der Waals surface area contributed by atoms with Crippen LogP contribution in [0.15, 0.2) is 18.2 Å². The molecule has 1 saturated heterocycles. The van der Waals surface area contributed by atoms with Crippen LogP contribution in [0.5, 0.6) is 5.75 Å². The molecule has 118 valence electrons. The second-order valence-electron chi connectivity index (χ2n) is 5.82. The van der Waals surface area contributed by atoms with Crippen LogP contribution in [-0.4, -0.2) is 32.4 Å². The van der Waals surface area contributed by atoms with E-state index in [0.717, 1.165) is 48.7 Å². The fourth-order valence-corrected chi connectivity index (χ4v) is 3.20. The van der Waals surface area contributed by atoms with Gasteiger partial charge in [0.25, 0.3) is 0 Å². The third kappa shape index (κ3) is 4.35. The minimum absolute atomic E-state index is 0.264. The number of hydrogen-bond donors (Lipinski definition) is 1. The standard InChI is InChI=1S/C17H26ClNO2/c1-4-8-19-15(17-12(2)7-9-21-17)11-13-10-14(18)5-6-16(13)20-3/h5-6,10,12,15,17,19H,4,7-9,11H2,1-3H3. The molecule has 0 spiro atoms. The molecule has 4 heteroatoms. The summed E-state index contributed by atoms with van der Waals surface area (Å²) in [6.45, 7) is 6.32. The molecule has 3 unspecified atom stereocenters. The average molecular weight is 312 g/mol. The third-order valence-electron chi connectivity index (χ3n) is 4.18. The molecule has 0 aromatic heterocycles. The molecule has 1 heterocycles. The van der Waals surface area contributed by atoms with Crippen molar-refractivity contribution >= 4 is 11.6 Å². The van der Waals surface area contributed by atoms with Crippen molar-refractivity contribution in [2.45, 2.75) is 45.3 Å². The lowest BCUT2D eigenvalue weighted by Gasteiger charge is -2.28. The lowest BCUT2D eigenvalue weighted by atomic mass is 9.92. The maximum Gasteiger partial charge on any atom is 0.122 e. The monoisotopic (exact) mass is 311 g/mol. The van der Waals surface area contributed by atoms with Gasteiger partial charge in [-0.05, 0) is 55.5 Å². The molecule has 1 aliphatic rings. The zero-order valence-electron chi connectivity index (χ0n) is 13.2. The highest BCUT2D eigenvalue weighted by molar-refractivity contribution is 6.30. The van der Waals surface area contributed by atoms with E-state index >= 15 is 0 Å². The zero-order valence-corrected chi connectivity index (χ0v) is 14.0. The average Bonchev–Trinajstić information content (AvgIpc) is 2.90. The summed E-state index contributed by atoms with van der Waals surface area (Å²) >= 11 is 6.14. The molecule has 1 aliphatic heterocycles. The number of nitrogens with one attached hydrogen (secondary N) is 1. The van der Waals surface area contributed by atoms with Gasteiger partial charge in [0.05, 0.1) is 13.2 Å². The van der Waals surface area contributed by atoms with Crippen LogP contribution in [0.1, 0.15) is 32.3 Å². The molecule has 1 aromatic rings. The Hall–Kier alpha value is -0.770. The largest absolute Gasteiger partial charge is 0.496 e. The van der Waals surface area contributed by atoms with E-state index < -0.39 is 0 Å². The molecule has 1 aromatic carbocycles. The first kappa shape index (κ1) is 16.6. The molecule has 0 aliphatic carbocycles. The Labute approximate surface area is 133 Å². The SMILES string of the molecule is CCCNC(Cc1cc(Cl)ccc1OC)C1OCCC1C. The van der Waals surface area contributed by atoms with Crippen molar-refractivity contribution in [2.75, 3.05) is 20.3 Å². The summed E-state index contributed by atoms with van der Waals surface area (Å²) in [5.74, 6) is 1.48. The minimum Gasteiger partial charge on any atom is -0.496 e. The van der Waals surface area contributed by atoms with Gasteiger partial charge in [-0.2, -0.15) is 0 Å². The van der Waals surface area contributed by atoms with Crippen LogP contribution in [0, 0.1) is 5.92 Å². The number of halogens is 1. The fraction of sp³-hybridized carbons (Fsp3) is 0.647. The first-order chi connectivity index (χ1) is 10.2. The maximum absolute atomic E-state index is 6.14. The Bertz CT molecular complexity index is 452. The lowest BCUT2D eigenvalue weighted by Crippen LogP contribution is -2.44. The van der Waals surface area contributed by atoms with Crippen molar-refractivity contribution in [3.05, 3.63) is 28.8 Å². The van der Waals surface area contributed by atoms with E-state index in [9.17, 15) is 0 Å². The van der Waals surface area contributed by atoms with Gasteiger partial charge in [0, 0.05) is 17.7 Å². The highest BCUT2D eigenvalue weighted by atomic mass is 35.5. The van der Waals surface area contributed by atoms with Crippen LogP contribution in [0.3, 0.4) is 0 Å². The first-order valence-corrected chi connectivity index (χ1v) is 8.21. The summed E-state index contributed by atoms with van der Waals surface area (Å²) in [6, 6.07) is 6.11. The van der Waals surface area contributed by atoms with Crippen LogP contribution in [0.4, 0.5) is 0 Å². The zero-order chi connectivity index (χ0) is 15.2. The number of rotatable bonds is 7. The van der Waals surface area contributed by atoms with Gasteiger partial charge in [-0.3, -0.25) is 0 Å². The molecule has 0 saturated carbocycles. The first-order valence-electron chi connectivity index (χ1n) is 7.83. The van der Waals surface area contributed by atoms with Crippen molar-refractivity contribution in [3.63, 3.8) is 0 Å². The Balaban J connectivity index is 2.15. The van der Waals surface area contributed by atoms with Gasteiger partial charge in [0.2, 0.25) is 0 Å². The van der Waals surface area contributed by atoms with Crippen molar-refractivity contribution in [1.29, 1.82) is 0 Å². The van der Waals surface area contributed by atoms with E-state index in [1.165, 1.54) is 0 Å². The summed E-state index contributed by atoms with van der Waals surface area (Å²) in [5.41, 5.74) is 1.14. The minimum atomic E-state index is 0.264. The molecule has 3 nitrogen and oxygen atoms in total. The molecule has 1 N–H and O–H groups in total. The quantitative estimate of drug-likeness (QED) is 0.833. The summed E-state index contributed by atoms with van der Waals surface area (Å²) in [6.07, 6.45) is 3.39. The predicted molar refractivity (Wildman–Crippen MR) is 87.3 cm³/mol.